The number of hydrogen-bond donors (Lipinski definition) is 1. The maximum absolute atomic E-state index is 12.8. The van der Waals surface area contributed by atoms with E-state index in [0.717, 1.165) is 6.42 Å². The van der Waals surface area contributed by atoms with Crippen LogP contribution in [0.25, 0.3) is 5.69 Å². The zero-order valence-corrected chi connectivity index (χ0v) is 15.4. The molecule has 0 bridgehead atoms. The van der Waals surface area contributed by atoms with E-state index in [2.05, 4.69) is 27.5 Å². The Morgan fingerprint density at radius 1 is 1.11 bits per heavy atom. The van der Waals surface area contributed by atoms with Crippen molar-refractivity contribution in [3.63, 3.8) is 0 Å². The highest BCUT2D eigenvalue weighted by molar-refractivity contribution is 5.98. The predicted octanol–water partition coefficient (Wildman–Crippen LogP) is 1.84. The fraction of sp³-hybridized carbons (Fsp3) is 0.238. The van der Waals surface area contributed by atoms with Gasteiger partial charge in [-0.05, 0) is 24.1 Å². The Balaban J connectivity index is 1.39. The molecule has 0 aliphatic carbocycles. The molecule has 2 heterocycles. The number of para-hydroxylation sites is 1. The fourth-order valence-electron chi connectivity index (χ4n) is 3.45. The van der Waals surface area contributed by atoms with E-state index in [1.807, 2.05) is 35.2 Å². The molecule has 1 aliphatic rings. The first-order valence-corrected chi connectivity index (χ1v) is 9.27. The number of carbonyl (C=O) groups excluding carboxylic acids is 2. The quantitative estimate of drug-likeness (QED) is 0.713. The van der Waals surface area contributed by atoms with Crippen LogP contribution in [0, 0.1) is 0 Å². The topological polar surface area (TPSA) is 80.1 Å². The molecule has 0 radical (unpaired) electrons. The molecule has 3 aromatic rings. The van der Waals surface area contributed by atoms with E-state index in [4.69, 9.17) is 0 Å². The summed E-state index contributed by atoms with van der Waals surface area (Å²) in [4.78, 5) is 30.9. The van der Waals surface area contributed by atoms with Gasteiger partial charge < -0.3 is 10.2 Å². The van der Waals surface area contributed by atoms with Crippen molar-refractivity contribution in [3.05, 3.63) is 78.4 Å². The van der Waals surface area contributed by atoms with Gasteiger partial charge in [-0.1, -0.05) is 42.5 Å². The molecule has 2 amide bonds. The molecule has 0 spiro atoms. The molecule has 7 nitrogen and oxygen atoms in total. The number of amides is 2. The van der Waals surface area contributed by atoms with Crippen LogP contribution in [0.15, 0.2) is 67.3 Å². The summed E-state index contributed by atoms with van der Waals surface area (Å²) in [5.41, 5.74) is 2.36. The van der Waals surface area contributed by atoms with Crippen LogP contribution in [-0.2, 0) is 11.2 Å². The zero-order chi connectivity index (χ0) is 19.3. The number of aromatic nitrogens is 3. The number of rotatable bonds is 6. The average molecular weight is 375 g/mol. The minimum atomic E-state index is -0.214. The molecule has 2 aromatic carbocycles. The molecule has 0 saturated carbocycles. The van der Waals surface area contributed by atoms with E-state index in [0.29, 0.717) is 30.8 Å². The first-order valence-electron chi connectivity index (χ1n) is 9.27. The van der Waals surface area contributed by atoms with E-state index in [9.17, 15) is 9.59 Å². The van der Waals surface area contributed by atoms with Crippen LogP contribution < -0.4 is 5.32 Å². The van der Waals surface area contributed by atoms with Crippen LogP contribution in [0.2, 0.25) is 0 Å². The lowest BCUT2D eigenvalue weighted by Crippen LogP contribution is -2.38. The van der Waals surface area contributed by atoms with Gasteiger partial charge in [-0.15, -0.1) is 0 Å². The van der Waals surface area contributed by atoms with E-state index in [1.54, 1.807) is 23.1 Å². The fourth-order valence-corrected chi connectivity index (χ4v) is 3.45. The highest BCUT2D eigenvalue weighted by Crippen LogP contribution is 2.16. The van der Waals surface area contributed by atoms with Gasteiger partial charge in [-0.2, -0.15) is 5.10 Å². The molecule has 7 heteroatoms. The Morgan fingerprint density at radius 3 is 2.68 bits per heavy atom. The standard InChI is InChI=1S/C21H21N5O2/c27-20-12-17(13-25(20)11-10-16-6-2-1-3-7-16)24-21(28)18-8-4-5-9-19(18)26-15-22-14-23-26/h1-9,14-15,17H,10-13H2,(H,24,28)/t17-/m1/s1. The number of benzene rings is 2. The summed E-state index contributed by atoms with van der Waals surface area (Å²) in [7, 11) is 0. The second kappa shape index (κ2) is 8.04. The van der Waals surface area contributed by atoms with Gasteiger partial charge in [-0.25, -0.2) is 9.67 Å². The average Bonchev–Trinajstić information content (AvgIpc) is 3.37. The van der Waals surface area contributed by atoms with Gasteiger partial charge in [0.2, 0.25) is 5.91 Å². The second-order valence-electron chi connectivity index (χ2n) is 6.81. The maximum atomic E-state index is 12.8. The molecule has 4 rings (SSSR count). The largest absolute Gasteiger partial charge is 0.347 e. The Hall–Kier alpha value is -3.48. The lowest BCUT2D eigenvalue weighted by Gasteiger charge is -2.17. The van der Waals surface area contributed by atoms with Crippen molar-refractivity contribution in [2.24, 2.45) is 0 Å². The van der Waals surface area contributed by atoms with E-state index in [-0.39, 0.29) is 17.9 Å². The number of likely N-dealkylation sites (tertiary alicyclic amines) is 1. The van der Waals surface area contributed by atoms with Crippen LogP contribution in [0.1, 0.15) is 22.3 Å². The third-order valence-electron chi connectivity index (χ3n) is 4.88. The Morgan fingerprint density at radius 2 is 1.89 bits per heavy atom. The molecule has 1 atom stereocenters. The van der Waals surface area contributed by atoms with Crippen molar-refractivity contribution in [2.75, 3.05) is 13.1 Å². The van der Waals surface area contributed by atoms with Gasteiger partial charge in [-0.3, -0.25) is 9.59 Å². The van der Waals surface area contributed by atoms with Crippen LogP contribution in [0.4, 0.5) is 0 Å². The minimum Gasteiger partial charge on any atom is -0.347 e. The molecule has 1 aliphatic heterocycles. The number of nitrogens with one attached hydrogen (secondary N) is 1. The highest BCUT2D eigenvalue weighted by Gasteiger charge is 2.30. The van der Waals surface area contributed by atoms with Crippen molar-refractivity contribution < 1.29 is 9.59 Å². The van der Waals surface area contributed by atoms with Gasteiger partial charge in [0.25, 0.3) is 5.91 Å². The monoisotopic (exact) mass is 375 g/mol. The zero-order valence-electron chi connectivity index (χ0n) is 15.4. The lowest BCUT2D eigenvalue weighted by atomic mass is 10.1. The first kappa shape index (κ1) is 17.9. The molecule has 1 N–H and O–H groups in total. The lowest BCUT2D eigenvalue weighted by molar-refractivity contribution is -0.127. The summed E-state index contributed by atoms with van der Waals surface area (Å²) in [6.07, 6.45) is 4.11. The molecule has 0 unspecified atom stereocenters. The van der Waals surface area contributed by atoms with Gasteiger partial charge in [0.1, 0.15) is 12.7 Å². The summed E-state index contributed by atoms with van der Waals surface area (Å²) in [6.45, 7) is 1.19. The summed E-state index contributed by atoms with van der Waals surface area (Å²) >= 11 is 0. The Labute approximate surface area is 163 Å². The third kappa shape index (κ3) is 3.93. The van der Waals surface area contributed by atoms with Crippen molar-refractivity contribution >= 4 is 11.8 Å². The summed E-state index contributed by atoms with van der Waals surface area (Å²) in [5.74, 6) is -0.139. The van der Waals surface area contributed by atoms with Crippen molar-refractivity contribution in [2.45, 2.75) is 18.9 Å². The van der Waals surface area contributed by atoms with Crippen LogP contribution in [0.3, 0.4) is 0 Å². The highest BCUT2D eigenvalue weighted by atomic mass is 16.2. The van der Waals surface area contributed by atoms with E-state index < -0.39 is 0 Å². The molecular weight excluding hydrogens is 354 g/mol. The van der Waals surface area contributed by atoms with Crippen molar-refractivity contribution in [3.8, 4) is 5.69 Å². The molecule has 142 valence electrons. The van der Waals surface area contributed by atoms with Crippen LogP contribution >= 0.6 is 0 Å². The van der Waals surface area contributed by atoms with Gasteiger partial charge in [0, 0.05) is 19.5 Å². The SMILES string of the molecule is O=C(N[C@@H]1CC(=O)N(CCc2ccccc2)C1)c1ccccc1-n1cncn1. The van der Waals surface area contributed by atoms with E-state index in [1.165, 1.54) is 11.9 Å². The molecule has 1 saturated heterocycles. The summed E-state index contributed by atoms with van der Waals surface area (Å²) in [6, 6.07) is 17.1. The van der Waals surface area contributed by atoms with Gasteiger partial charge in [0.05, 0.1) is 17.3 Å². The smallest absolute Gasteiger partial charge is 0.253 e. The number of carbonyl (C=O) groups is 2. The first-order chi connectivity index (χ1) is 13.7. The molecule has 1 aromatic heterocycles. The number of hydrogen-bond acceptors (Lipinski definition) is 4. The molecule has 28 heavy (non-hydrogen) atoms. The third-order valence-corrected chi connectivity index (χ3v) is 4.88. The Bertz CT molecular complexity index is 956. The van der Waals surface area contributed by atoms with Crippen LogP contribution in [-0.4, -0.2) is 50.6 Å². The number of nitrogens with zero attached hydrogens (tertiary/aromatic N) is 4. The van der Waals surface area contributed by atoms with Gasteiger partial charge in [0.15, 0.2) is 0 Å². The summed E-state index contributed by atoms with van der Waals surface area (Å²) in [5, 5.41) is 7.09. The normalized spacial score (nSPS) is 16.4. The molecular formula is C21H21N5O2. The predicted molar refractivity (Wildman–Crippen MR) is 104 cm³/mol. The van der Waals surface area contributed by atoms with E-state index >= 15 is 0 Å². The van der Waals surface area contributed by atoms with Crippen LogP contribution in [0.5, 0.6) is 0 Å². The maximum Gasteiger partial charge on any atom is 0.253 e. The van der Waals surface area contributed by atoms with Crippen molar-refractivity contribution in [1.82, 2.24) is 25.0 Å². The summed E-state index contributed by atoms with van der Waals surface area (Å²) < 4.78 is 1.56. The second-order valence-corrected chi connectivity index (χ2v) is 6.81. The Kier molecular flexibility index (Phi) is 5.14. The van der Waals surface area contributed by atoms with Crippen molar-refractivity contribution in [1.29, 1.82) is 0 Å². The minimum absolute atomic E-state index is 0.0748. The molecule has 1 fully saturated rings. The van der Waals surface area contributed by atoms with Gasteiger partial charge >= 0.3 is 0 Å².